The summed E-state index contributed by atoms with van der Waals surface area (Å²) < 4.78 is 5.78. The summed E-state index contributed by atoms with van der Waals surface area (Å²) in [7, 11) is 0. The van der Waals surface area contributed by atoms with Crippen molar-refractivity contribution in [1.29, 1.82) is 0 Å². The first-order valence-electron chi connectivity index (χ1n) is 9.46. The lowest BCUT2D eigenvalue weighted by Crippen LogP contribution is -2.26. The summed E-state index contributed by atoms with van der Waals surface area (Å²) in [5.74, 6) is 0.233. The number of para-hydroxylation sites is 2. The second-order valence-corrected chi connectivity index (χ2v) is 8.36. The number of hydrogen-bond donors (Lipinski definition) is 2. The summed E-state index contributed by atoms with van der Waals surface area (Å²) in [5.41, 5.74) is 4.17. The largest absolute Gasteiger partial charge is 0.436 e. The molecule has 0 saturated heterocycles. The molecular formula is C23H17N3O3S. The predicted octanol–water partition coefficient (Wildman–Crippen LogP) is 5.18. The van der Waals surface area contributed by atoms with Gasteiger partial charge in [0.05, 0.1) is 10.9 Å². The Bertz CT molecular complexity index is 1250. The van der Waals surface area contributed by atoms with Crippen LogP contribution in [0.25, 0.3) is 22.6 Å². The highest BCUT2D eigenvalue weighted by Crippen LogP contribution is 2.36. The molecule has 1 aromatic heterocycles. The average molecular weight is 415 g/mol. The van der Waals surface area contributed by atoms with Crippen molar-refractivity contribution in [2.45, 2.75) is 17.1 Å². The molecule has 3 aromatic carbocycles. The third-order valence-electron chi connectivity index (χ3n) is 4.86. The van der Waals surface area contributed by atoms with Gasteiger partial charge in [-0.05, 0) is 61.5 Å². The molecule has 2 N–H and O–H groups in total. The number of oxazole rings is 1. The fourth-order valence-electron chi connectivity index (χ4n) is 3.25. The van der Waals surface area contributed by atoms with Crippen molar-refractivity contribution in [2.75, 3.05) is 10.6 Å². The molecular weight excluding hydrogens is 398 g/mol. The molecule has 0 aliphatic carbocycles. The smallest absolute Gasteiger partial charge is 0.255 e. The van der Waals surface area contributed by atoms with Crippen LogP contribution in [0.3, 0.4) is 0 Å². The van der Waals surface area contributed by atoms with Crippen molar-refractivity contribution < 1.29 is 14.0 Å². The SMILES string of the molecule is CC1Sc2ccc(C(=O)Nc3ccc(-c4nc5ccccc5o4)cc3)cc2NC1=O. The van der Waals surface area contributed by atoms with Crippen LogP contribution in [0.15, 0.2) is 76.0 Å². The molecule has 0 spiro atoms. The van der Waals surface area contributed by atoms with Gasteiger partial charge in [-0.2, -0.15) is 0 Å². The van der Waals surface area contributed by atoms with E-state index in [1.165, 1.54) is 11.8 Å². The summed E-state index contributed by atoms with van der Waals surface area (Å²) in [6.45, 7) is 1.86. The Morgan fingerprint density at radius 2 is 1.90 bits per heavy atom. The Morgan fingerprint density at radius 3 is 2.70 bits per heavy atom. The molecule has 30 heavy (non-hydrogen) atoms. The van der Waals surface area contributed by atoms with E-state index in [2.05, 4.69) is 15.6 Å². The van der Waals surface area contributed by atoms with E-state index in [1.54, 1.807) is 24.3 Å². The van der Waals surface area contributed by atoms with Crippen molar-refractivity contribution in [1.82, 2.24) is 4.98 Å². The zero-order valence-electron chi connectivity index (χ0n) is 16.0. The fraction of sp³-hybridized carbons (Fsp3) is 0.0870. The number of thioether (sulfide) groups is 1. The highest BCUT2D eigenvalue weighted by Gasteiger charge is 2.23. The minimum Gasteiger partial charge on any atom is -0.436 e. The highest BCUT2D eigenvalue weighted by molar-refractivity contribution is 8.00. The molecule has 0 radical (unpaired) electrons. The van der Waals surface area contributed by atoms with Crippen LogP contribution in [0, 0.1) is 0 Å². The second-order valence-electron chi connectivity index (χ2n) is 6.98. The van der Waals surface area contributed by atoms with Crippen LogP contribution in [-0.2, 0) is 4.79 Å². The van der Waals surface area contributed by atoms with Gasteiger partial charge in [0.2, 0.25) is 11.8 Å². The van der Waals surface area contributed by atoms with E-state index in [-0.39, 0.29) is 17.1 Å². The topological polar surface area (TPSA) is 84.2 Å². The van der Waals surface area contributed by atoms with Crippen molar-refractivity contribution in [3.63, 3.8) is 0 Å². The van der Waals surface area contributed by atoms with Crippen LogP contribution in [0.4, 0.5) is 11.4 Å². The van der Waals surface area contributed by atoms with Crippen LogP contribution in [-0.4, -0.2) is 22.0 Å². The number of aromatic nitrogens is 1. The maximum absolute atomic E-state index is 12.7. The molecule has 7 heteroatoms. The van der Waals surface area contributed by atoms with E-state index < -0.39 is 0 Å². The van der Waals surface area contributed by atoms with Crippen LogP contribution < -0.4 is 10.6 Å². The fourth-order valence-corrected chi connectivity index (χ4v) is 4.18. The van der Waals surface area contributed by atoms with E-state index in [0.29, 0.717) is 22.8 Å². The van der Waals surface area contributed by atoms with Gasteiger partial charge in [0, 0.05) is 21.7 Å². The molecule has 2 amide bonds. The molecule has 0 saturated carbocycles. The lowest BCUT2D eigenvalue weighted by Gasteiger charge is -2.21. The van der Waals surface area contributed by atoms with E-state index in [0.717, 1.165) is 21.6 Å². The summed E-state index contributed by atoms with van der Waals surface area (Å²) in [6, 6.07) is 20.2. The molecule has 1 aliphatic rings. The summed E-state index contributed by atoms with van der Waals surface area (Å²) in [6.07, 6.45) is 0. The lowest BCUT2D eigenvalue weighted by molar-refractivity contribution is -0.115. The lowest BCUT2D eigenvalue weighted by atomic mass is 10.1. The van der Waals surface area contributed by atoms with Crippen LogP contribution in [0.5, 0.6) is 0 Å². The molecule has 4 aromatic rings. The van der Waals surface area contributed by atoms with E-state index >= 15 is 0 Å². The molecule has 148 valence electrons. The highest BCUT2D eigenvalue weighted by atomic mass is 32.2. The van der Waals surface area contributed by atoms with Crippen molar-refractivity contribution in [2.24, 2.45) is 0 Å². The molecule has 1 aliphatic heterocycles. The number of nitrogens with one attached hydrogen (secondary N) is 2. The zero-order valence-corrected chi connectivity index (χ0v) is 16.8. The van der Waals surface area contributed by atoms with Crippen LogP contribution in [0.1, 0.15) is 17.3 Å². The first-order chi connectivity index (χ1) is 14.6. The van der Waals surface area contributed by atoms with Gasteiger partial charge in [-0.1, -0.05) is 12.1 Å². The minimum atomic E-state index is -0.245. The maximum atomic E-state index is 12.7. The van der Waals surface area contributed by atoms with Crippen LogP contribution in [0.2, 0.25) is 0 Å². The van der Waals surface area contributed by atoms with Gasteiger partial charge in [-0.15, -0.1) is 11.8 Å². The number of benzene rings is 3. The summed E-state index contributed by atoms with van der Waals surface area (Å²) in [4.78, 5) is 30.0. The number of amides is 2. The Morgan fingerprint density at radius 1 is 1.10 bits per heavy atom. The van der Waals surface area contributed by atoms with Crippen molar-refractivity contribution in [3.05, 3.63) is 72.3 Å². The number of nitrogens with zero attached hydrogens (tertiary/aromatic N) is 1. The first kappa shape index (κ1) is 18.4. The van der Waals surface area contributed by atoms with Crippen molar-refractivity contribution >= 4 is 46.1 Å². The molecule has 1 unspecified atom stereocenters. The molecule has 6 nitrogen and oxygen atoms in total. The Kier molecular flexibility index (Phi) is 4.52. The quantitative estimate of drug-likeness (QED) is 0.482. The molecule has 0 fully saturated rings. The Hall–Kier alpha value is -3.58. The monoisotopic (exact) mass is 415 g/mol. The molecule has 1 atom stereocenters. The Labute approximate surface area is 176 Å². The number of rotatable bonds is 3. The first-order valence-corrected chi connectivity index (χ1v) is 10.3. The second kappa shape index (κ2) is 7.35. The normalized spacial score (nSPS) is 15.5. The van der Waals surface area contributed by atoms with Gasteiger partial charge in [-0.25, -0.2) is 4.98 Å². The van der Waals surface area contributed by atoms with E-state index in [4.69, 9.17) is 4.42 Å². The van der Waals surface area contributed by atoms with Gasteiger partial charge in [0.25, 0.3) is 5.91 Å². The minimum absolute atomic E-state index is 0.0557. The maximum Gasteiger partial charge on any atom is 0.255 e. The Balaban J connectivity index is 1.33. The molecule has 2 heterocycles. The standard InChI is InChI=1S/C23H17N3O3S/c1-13-21(27)25-18-12-15(8-11-20(18)30-13)22(28)24-16-9-6-14(7-10-16)23-26-17-4-2-3-5-19(17)29-23/h2-13H,1H3,(H,24,28)(H,25,27). The van der Waals surface area contributed by atoms with Gasteiger partial charge < -0.3 is 15.1 Å². The number of anilines is 2. The van der Waals surface area contributed by atoms with Crippen molar-refractivity contribution in [3.8, 4) is 11.5 Å². The number of carbonyl (C=O) groups excluding carboxylic acids is 2. The molecule has 5 rings (SSSR count). The van der Waals surface area contributed by atoms with Gasteiger partial charge in [0.1, 0.15) is 5.52 Å². The number of hydrogen-bond acceptors (Lipinski definition) is 5. The predicted molar refractivity (Wildman–Crippen MR) is 118 cm³/mol. The molecule has 0 bridgehead atoms. The third kappa shape index (κ3) is 3.44. The van der Waals surface area contributed by atoms with Gasteiger partial charge >= 0.3 is 0 Å². The summed E-state index contributed by atoms with van der Waals surface area (Å²) >= 11 is 1.49. The average Bonchev–Trinajstić information content (AvgIpc) is 3.19. The number of carbonyl (C=O) groups is 2. The zero-order chi connectivity index (χ0) is 20.7. The van der Waals surface area contributed by atoms with Gasteiger partial charge in [-0.3, -0.25) is 9.59 Å². The third-order valence-corrected chi connectivity index (χ3v) is 6.03. The van der Waals surface area contributed by atoms with Crippen LogP contribution >= 0.6 is 11.8 Å². The van der Waals surface area contributed by atoms with E-state index in [9.17, 15) is 9.59 Å². The summed E-state index contributed by atoms with van der Waals surface area (Å²) in [5, 5.41) is 5.59. The van der Waals surface area contributed by atoms with E-state index in [1.807, 2.05) is 49.4 Å². The number of fused-ring (bicyclic) bond motifs is 2. The van der Waals surface area contributed by atoms with Gasteiger partial charge in [0.15, 0.2) is 5.58 Å².